The highest BCUT2D eigenvalue weighted by molar-refractivity contribution is 6.32. The summed E-state index contributed by atoms with van der Waals surface area (Å²) in [5, 5.41) is 9.77. The Kier molecular flexibility index (Phi) is 5.16. The van der Waals surface area contributed by atoms with Gasteiger partial charge in [-0.15, -0.1) is 0 Å². The maximum atomic E-state index is 6.75. The van der Waals surface area contributed by atoms with Gasteiger partial charge in [0, 0.05) is 35.3 Å². The van der Waals surface area contributed by atoms with E-state index in [1.807, 2.05) is 18.5 Å². The molecule has 0 atom stereocenters. The van der Waals surface area contributed by atoms with Gasteiger partial charge in [-0.3, -0.25) is 9.58 Å². The van der Waals surface area contributed by atoms with Gasteiger partial charge in [-0.25, -0.2) is 9.97 Å². The summed E-state index contributed by atoms with van der Waals surface area (Å²) in [5.41, 5.74) is 3.80. The molecule has 5 fully saturated rings. The second-order valence-corrected chi connectivity index (χ2v) is 12.3. The second kappa shape index (κ2) is 8.12. The number of aromatic nitrogens is 4. The molecular formula is C27H33ClN6O2. The fourth-order valence-corrected chi connectivity index (χ4v) is 7.49. The monoisotopic (exact) mass is 508 g/mol. The summed E-state index contributed by atoms with van der Waals surface area (Å²) in [7, 11) is 1.79. The maximum absolute atomic E-state index is 6.75. The van der Waals surface area contributed by atoms with Crippen LogP contribution in [0.15, 0.2) is 30.7 Å². The van der Waals surface area contributed by atoms with Gasteiger partial charge >= 0.3 is 0 Å². The predicted molar refractivity (Wildman–Crippen MR) is 139 cm³/mol. The minimum atomic E-state index is 0.174. The van der Waals surface area contributed by atoms with Gasteiger partial charge in [-0.05, 0) is 75.7 Å². The Labute approximate surface area is 216 Å². The molecule has 8 nitrogen and oxygen atoms in total. The van der Waals surface area contributed by atoms with Crippen LogP contribution in [0.5, 0.6) is 0 Å². The molecule has 3 aliphatic carbocycles. The fraction of sp³-hybridized carbons (Fsp3) is 0.593. The van der Waals surface area contributed by atoms with Crippen LogP contribution in [0.1, 0.15) is 50.5 Å². The number of ether oxygens (including phenoxy) is 2. The van der Waals surface area contributed by atoms with Gasteiger partial charge in [-0.1, -0.05) is 11.6 Å². The van der Waals surface area contributed by atoms with Crippen LogP contribution in [0, 0.1) is 5.41 Å². The van der Waals surface area contributed by atoms with Crippen molar-refractivity contribution in [1.82, 2.24) is 24.6 Å². The fourth-order valence-electron chi connectivity index (χ4n) is 7.17. The lowest BCUT2D eigenvalue weighted by atomic mass is 9.39. The molecule has 2 aliphatic heterocycles. The summed E-state index contributed by atoms with van der Waals surface area (Å²) in [6.07, 6.45) is 11.4. The van der Waals surface area contributed by atoms with Gasteiger partial charge in [-0.2, -0.15) is 5.10 Å². The molecule has 4 heterocycles. The van der Waals surface area contributed by atoms with Crippen LogP contribution in [0.3, 0.4) is 0 Å². The van der Waals surface area contributed by atoms with E-state index in [4.69, 9.17) is 26.1 Å². The van der Waals surface area contributed by atoms with E-state index in [9.17, 15) is 0 Å². The molecule has 9 heteroatoms. The normalized spacial score (nSPS) is 29.4. The summed E-state index contributed by atoms with van der Waals surface area (Å²) < 4.78 is 13.0. The number of fused-ring (bicyclic) bond motifs is 1. The lowest BCUT2D eigenvalue weighted by molar-refractivity contribution is -0.217. The van der Waals surface area contributed by atoms with Crippen LogP contribution in [0.25, 0.3) is 10.9 Å². The molecule has 0 unspecified atom stereocenters. The Bertz CT molecular complexity index is 1290. The molecular weight excluding hydrogens is 476 g/mol. The van der Waals surface area contributed by atoms with Crippen molar-refractivity contribution >= 4 is 34.1 Å². The number of anilines is 2. The molecule has 0 spiro atoms. The quantitative estimate of drug-likeness (QED) is 0.495. The summed E-state index contributed by atoms with van der Waals surface area (Å²) in [6.45, 7) is 7.00. The highest BCUT2D eigenvalue weighted by Crippen LogP contribution is 2.71. The largest absolute Gasteiger partial charge is 0.384 e. The van der Waals surface area contributed by atoms with Crippen LogP contribution in [-0.2, 0) is 15.0 Å². The first-order chi connectivity index (χ1) is 17.4. The summed E-state index contributed by atoms with van der Waals surface area (Å²) in [6, 6.07) is 4.18. The number of benzene rings is 1. The molecule has 3 aromatic rings. The Morgan fingerprint density at radius 1 is 1.17 bits per heavy atom. The van der Waals surface area contributed by atoms with E-state index in [1.54, 1.807) is 7.11 Å². The van der Waals surface area contributed by atoms with Gasteiger partial charge in [0.1, 0.15) is 0 Å². The Morgan fingerprint density at radius 3 is 2.64 bits per heavy atom. The van der Waals surface area contributed by atoms with Crippen molar-refractivity contribution in [2.45, 2.75) is 56.0 Å². The average Bonchev–Trinajstić information content (AvgIpc) is 3.27. The van der Waals surface area contributed by atoms with Gasteiger partial charge in [0.25, 0.3) is 0 Å². The number of methoxy groups -OCH3 is 1. The van der Waals surface area contributed by atoms with Gasteiger partial charge in [0.2, 0.25) is 5.95 Å². The highest BCUT2D eigenvalue weighted by atomic mass is 35.5. The van der Waals surface area contributed by atoms with E-state index in [2.05, 4.69) is 44.2 Å². The molecule has 3 saturated carbocycles. The molecule has 190 valence electrons. The van der Waals surface area contributed by atoms with Crippen molar-refractivity contribution in [2.24, 2.45) is 5.41 Å². The summed E-state index contributed by atoms with van der Waals surface area (Å²) in [5.74, 6) is 1.03. The zero-order valence-electron chi connectivity index (χ0n) is 21.0. The Morgan fingerprint density at radius 2 is 1.94 bits per heavy atom. The van der Waals surface area contributed by atoms with Crippen LogP contribution in [0.2, 0.25) is 5.02 Å². The van der Waals surface area contributed by atoms with Crippen molar-refractivity contribution in [2.75, 3.05) is 45.3 Å². The summed E-state index contributed by atoms with van der Waals surface area (Å²) in [4.78, 5) is 11.9. The first-order valence-corrected chi connectivity index (χ1v) is 13.4. The van der Waals surface area contributed by atoms with E-state index >= 15 is 0 Å². The molecule has 0 amide bonds. The molecule has 2 aromatic heterocycles. The zero-order chi connectivity index (χ0) is 24.5. The number of rotatable bonds is 7. The first-order valence-electron chi connectivity index (χ1n) is 13.0. The van der Waals surface area contributed by atoms with E-state index in [0.29, 0.717) is 17.3 Å². The number of likely N-dealkylation sites (tertiary alicyclic amines) is 1. The van der Waals surface area contributed by atoms with Crippen molar-refractivity contribution < 1.29 is 9.47 Å². The van der Waals surface area contributed by atoms with E-state index in [0.717, 1.165) is 86.6 Å². The number of piperidine rings is 1. The van der Waals surface area contributed by atoms with Gasteiger partial charge in [0.15, 0.2) is 0 Å². The third-order valence-electron chi connectivity index (χ3n) is 9.11. The molecule has 8 rings (SSSR count). The second-order valence-electron chi connectivity index (χ2n) is 11.9. The van der Waals surface area contributed by atoms with Crippen LogP contribution in [0.4, 0.5) is 11.6 Å². The summed E-state index contributed by atoms with van der Waals surface area (Å²) >= 11 is 6.75. The third-order valence-corrected chi connectivity index (χ3v) is 9.44. The lowest BCUT2D eigenvalue weighted by Crippen LogP contribution is -2.69. The smallest absolute Gasteiger partial charge is 0.227 e. The van der Waals surface area contributed by atoms with Crippen molar-refractivity contribution in [3.8, 4) is 0 Å². The van der Waals surface area contributed by atoms with Crippen LogP contribution in [-0.4, -0.2) is 70.2 Å². The lowest BCUT2D eigenvalue weighted by Gasteiger charge is -2.70. The molecule has 36 heavy (non-hydrogen) atoms. The van der Waals surface area contributed by atoms with E-state index < -0.39 is 0 Å². The third kappa shape index (κ3) is 3.56. The van der Waals surface area contributed by atoms with E-state index in [1.165, 1.54) is 5.56 Å². The SMILES string of the molecule is COCC12CC(n3cc(Nc4ncc5cc(Cl)c(C6CCN(C7(C)COC7)CC6)cc5n4)cn3)(C1)C2. The minimum absolute atomic E-state index is 0.174. The van der Waals surface area contributed by atoms with Gasteiger partial charge < -0.3 is 14.8 Å². The first kappa shape index (κ1) is 22.9. The molecule has 1 N–H and O–H groups in total. The molecule has 0 radical (unpaired) electrons. The molecule has 2 saturated heterocycles. The van der Waals surface area contributed by atoms with Gasteiger partial charge in [0.05, 0.1) is 48.3 Å². The van der Waals surface area contributed by atoms with Crippen LogP contribution >= 0.6 is 11.6 Å². The van der Waals surface area contributed by atoms with Crippen molar-refractivity contribution in [3.63, 3.8) is 0 Å². The Hall–Kier alpha value is -2.26. The van der Waals surface area contributed by atoms with Crippen molar-refractivity contribution in [3.05, 3.63) is 41.3 Å². The Balaban J connectivity index is 1.06. The topological polar surface area (TPSA) is 77.3 Å². The highest BCUT2D eigenvalue weighted by Gasteiger charge is 2.69. The standard InChI is InChI=1S/C27H33ClN6O2/c1-25(15-36-16-25)33-5-3-18(4-6-33)21-8-23-19(7-22(21)28)9-29-24(32-23)31-20-10-30-34(11-20)27-12-26(13-27,14-27)17-35-2/h7-11,18H,3-6,12-17H2,1-2H3,(H,29,31,32). The minimum Gasteiger partial charge on any atom is -0.384 e. The number of nitrogens with one attached hydrogen (secondary N) is 1. The van der Waals surface area contributed by atoms with E-state index in [-0.39, 0.29) is 11.1 Å². The molecule has 1 aromatic carbocycles. The number of hydrogen-bond acceptors (Lipinski definition) is 7. The maximum Gasteiger partial charge on any atom is 0.227 e. The van der Waals surface area contributed by atoms with Crippen LogP contribution < -0.4 is 5.32 Å². The number of halogens is 1. The number of hydrogen-bond donors (Lipinski definition) is 1. The average molecular weight is 509 g/mol. The number of nitrogens with zero attached hydrogens (tertiary/aromatic N) is 5. The predicted octanol–water partition coefficient (Wildman–Crippen LogP) is 4.72. The molecule has 2 bridgehead atoms. The molecule has 5 aliphatic rings. The zero-order valence-corrected chi connectivity index (χ0v) is 21.7. The van der Waals surface area contributed by atoms with Crippen molar-refractivity contribution in [1.29, 1.82) is 0 Å².